The molecule has 2 aromatic heterocycles. The first-order valence-corrected chi connectivity index (χ1v) is 5.16. The number of nitrogens with zero attached hydrogens (tertiary/aromatic N) is 1. The van der Waals surface area contributed by atoms with Crippen LogP contribution in [0.3, 0.4) is 0 Å². The van der Waals surface area contributed by atoms with Crippen molar-refractivity contribution in [3.8, 4) is 0 Å². The van der Waals surface area contributed by atoms with Crippen LogP contribution in [0.15, 0.2) is 30.5 Å². The molecule has 0 fully saturated rings. The van der Waals surface area contributed by atoms with Gasteiger partial charge in [0.15, 0.2) is 5.15 Å². The van der Waals surface area contributed by atoms with E-state index in [0.29, 0.717) is 5.15 Å². The predicted molar refractivity (Wildman–Crippen MR) is 63.3 cm³/mol. The average molecular weight is 217 g/mol. The zero-order valence-corrected chi connectivity index (χ0v) is 8.97. The molecule has 1 aromatic carbocycles. The second-order valence-corrected chi connectivity index (χ2v) is 4.06. The third kappa shape index (κ3) is 1.22. The Morgan fingerprint density at radius 3 is 2.93 bits per heavy atom. The van der Waals surface area contributed by atoms with Crippen LogP contribution in [0, 0.1) is 6.92 Å². The number of benzene rings is 1. The number of hydrogen-bond donors (Lipinski definition) is 1. The monoisotopic (exact) mass is 216 g/mol. The first-order valence-electron chi connectivity index (χ1n) is 4.78. The summed E-state index contributed by atoms with van der Waals surface area (Å²) in [6, 6.07) is 8.30. The molecule has 0 amide bonds. The Kier molecular flexibility index (Phi) is 1.73. The van der Waals surface area contributed by atoms with Gasteiger partial charge in [0.25, 0.3) is 0 Å². The van der Waals surface area contributed by atoms with E-state index in [4.69, 9.17) is 11.6 Å². The molecule has 0 atom stereocenters. The zero-order chi connectivity index (χ0) is 10.4. The molecule has 0 unspecified atom stereocenters. The summed E-state index contributed by atoms with van der Waals surface area (Å²) in [5.41, 5.74) is 3.27. The minimum Gasteiger partial charge on any atom is -0.352 e. The topological polar surface area (TPSA) is 28.7 Å². The standard InChI is InChI=1S/C12H9ClN2/c1-7-2-3-10-9(6-7)8-4-5-14-12(13)11(8)15-10/h2-6,15H,1H3. The molecule has 0 spiro atoms. The number of halogens is 1. The van der Waals surface area contributed by atoms with Gasteiger partial charge in [0.1, 0.15) is 0 Å². The fraction of sp³-hybridized carbons (Fsp3) is 0.0833. The number of pyridine rings is 1. The molecule has 3 aromatic rings. The third-order valence-corrected chi connectivity index (χ3v) is 2.92. The van der Waals surface area contributed by atoms with Crippen LogP contribution in [-0.4, -0.2) is 9.97 Å². The third-order valence-electron chi connectivity index (χ3n) is 2.63. The van der Waals surface area contributed by atoms with Gasteiger partial charge < -0.3 is 4.98 Å². The van der Waals surface area contributed by atoms with Crippen LogP contribution in [0.25, 0.3) is 21.8 Å². The molecule has 0 saturated carbocycles. The maximum atomic E-state index is 6.03. The summed E-state index contributed by atoms with van der Waals surface area (Å²) in [6.45, 7) is 2.08. The van der Waals surface area contributed by atoms with E-state index < -0.39 is 0 Å². The van der Waals surface area contributed by atoms with Crippen molar-refractivity contribution >= 4 is 33.4 Å². The van der Waals surface area contributed by atoms with Crippen molar-refractivity contribution in [1.82, 2.24) is 9.97 Å². The van der Waals surface area contributed by atoms with Gasteiger partial charge in [0.05, 0.1) is 5.52 Å². The number of hydrogen-bond acceptors (Lipinski definition) is 1. The Hall–Kier alpha value is -1.54. The van der Waals surface area contributed by atoms with E-state index in [1.807, 2.05) is 6.07 Å². The van der Waals surface area contributed by atoms with Crippen LogP contribution in [0.5, 0.6) is 0 Å². The molecule has 3 rings (SSSR count). The number of rotatable bonds is 0. The quantitative estimate of drug-likeness (QED) is 0.571. The number of aryl methyl sites for hydroxylation is 1. The molecule has 0 aliphatic heterocycles. The fourth-order valence-corrected chi connectivity index (χ4v) is 2.11. The number of nitrogens with one attached hydrogen (secondary N) is 1. The normalized spacial score (nSPS) is 11.3. The van der Waals surface area contributed by atoms with Crippen molar-refractivity contribution in [3.05, 3.63) is 41.2 Å². The highest BCUT2D eigenvalue weighted by Gasteiger charge is 2.06. The molecule has 0 radical (unpaired) electrons. The molecule has 2 heterocycles. The molecule has 1 N–H and O–H groups in total. The highest BCUT2D eigenvalue weighted by atomic mass is 35.5. The minimum absolute atomic E-state index is 0.529. The summed E-state index contributed by atoms with van der Waals surface area (Å²) in [7, 11) is 0. The average Bonchev–Trinajstić information content (AvgIpc) is 2.58. The lowest BCUT2D eigenvalue weighted by Crippen LogP contribution is -1.74. The van der Waals surface area contributed by atoms with Crippen LogP contribution in [0.1, 0.15) is 5.56 Å². The van der Waals surface area contributed by atoms with Gasteiger partial charge in [-0.3, -0.25) is 0 Å². The lowest BCUT2D eigenvalue weighted by molar-refractivity contribution is 1.35. The lowest BCUT2D eigenvalue weighted by Gasteiger charge is -1.93. The highest BCUT2D eigenvalue weighted by molar-refractivity contribution is 6.35. The van der Waals surface area contributed by atoms with Crippen LogP contribution in [0.2, 0.25) is 5.15 Å². The second-order valence-electron chi connectivity index (χ2n) is 3.70. The smallest absolute Gasteiger partial charge is 0.153 e. The Balaban J connectivity index is 2.58. The highest BCUT2D eigenvalue weighted by Crippen LogP contribution is 2.28. The molecular formula is C12H9ClN2. The summed E-state index contributed by atoms with van der Waals surface area (Å²) >= 11 is 6.03. The van der Waals surface area contributed by atoms with E-state index in [1.54, 1.807) is 6.20 Å². The van der Waals surface area contributed by atoms with Gasteiger partial charge in [-0.05, 0) is 25.1 Å². The summed E-state index contributed by atoms with van der Waals surface area (Å²) in [6.07, 6.45) is 1.74. The van der Waals surface area contributed by atoms with Crippen molar-refractivity contribution in [2.75, 3.05) is 0 Å². The Morgan fingerprint density at radius 2 is 2.07 bits per heavy atom. The number of fused-ring (bicyclic) bond motifs is 3. The predicted octanol–water partition coefficient (Wildman–Crippen LogP) is 3.68. The first kappa shape index (κ1) is 8.74. The number of H-pyrrole nitrogens is 1. The van der Waals surface area contributed by atoms with Crippen LogP contribution >= 0.6 is 11.6 Å². The van der Waals surface area contributed by atoms with E-state index >= 15 is 0 Å². The molecule has 0 aliphatic carbocycles. The van der Waals surface area contributed by atoms with Crippen molar-refractivity contribution in [2.45, 2.75) is 6.92 Å². The molecule has 0 saturated heterocycles. The summed E-state index contributed by atoms with van der Waals surface area (Å²) < 4.78 is 0. The van der Waals surface area contributed by atoms with Gasteiger partial charge >= 0.3 is 0 Å². The molecular weight excluding hydrogens is 208 g/mol. The Morgan fingerprint density at radius 1 is 1.20 bits per heavy atom. The van der Waals surface area contributed by atoms with Crippen molar-refractivity contribution in [2.24, 2.45) is 0 Å². The number of aromatic nitrogens is 2. The maximum absolute atomic E-state index is 6.03. The van der Waals surface area contributed by atoms with E-state index in [-0.39, 0.29) is 0 Å². The fourth-order valence-electron chi connectivity index (χ4n) is 1.90. The largest absolute Gasteiger partial charge is 0.352 e. The van der Waals surface area contributed by atoms with Gasteiger partial charge in [-0.1, -0.05) is 23.2 Å². The number of aromatic amines is 1. The van der Waals surface area contributed by atoms with Crippen molar-refractivity contribution in [1.29, 1.82) is 0 Å². The van der Waals surface area contributed by atoms with Crippen molar-refractivity contribution in [3.63, 3.8) is 0 Å². The molecule has 15 heavy (non-hydrogen) atoms. The summed E-state index contributed by atoms with van der Waals surface area (Å²) in [4.78, 5) is 7.34. The zero-order valence-electron chi connectivity index (χ0n) is 8.21. The van der Waals surface area contributed by atoms with E-state index in [2.05, 4.69) is 35.1 Å². The van der Waals surface area contributed by atoms with Gasteiger partial charge in [-0.2, -0.15) is 0 Å². The van der Waals surface area contributed by atoms with Gasteiger partial charge in [0, 0.05) is 22.5 Å². The molecule has 74 valence electrons. The Labute approximate surface area is 91.9 Å². The van der Waals surface area contributed by atoms with Gasteiger partial charge in [-0.25, -0.2) is 4.98 Å². The van der Waals surface area contributed by atoms with Crippen LogP contribution < -0.4 is 0 Å². The van der Waals surface area contributed by atoms with Gasteiger partial charge in [0.2, 0.25) is 0 Å². The summed E-state index contributed by atoms with van der Waals surface area (Å²) in [5.74, 6) is 0. The van der Waals surface area contributed by atoms with E-state index in [1.165, 1.54) is 10.9 Å². The lowest BCUT2D eigenvalue weighted by atomic mass is 10.1. The summed E-state index contributed by atoms with van der Waals surface area (Å²) in [5, 5.41) is 2.87. The van der Waals surface area contributed by atoms with Gasteiger partial charge in [-0.15, -0.1) is 0 Å². The Bertz CT molecular complexity index is 655. The maximum Gasteiger partial charge on any atom is 0.153 e. The second kappa shape index (κ2) is 2.97. The first-order chi connectivity index (χ1) is 7.25. The van der Waals surface area contributed by atoms with Crippen LogP contribution in [-0.2, 0) is 0 Å². The molecule has 2 nitrogen and oxygen atoms in total. The molecule has 0 bridgehead atoms. The minimum atomic E-state index is 0.529. The SMILES string of the molecule is Cc1ccc2[nH]c3c(Cl)nccc3c2c1. The van der Waals surface area contributed by atoms with E-state index in [0.717, 1.165) is 16.4 Å². The van der Waals surface area contributed by atoms with E-state index in [9.17, 15) is 0 Å². The molecule has 3 heteroatoms. The van der Waals surface area contributed by atoms with Crippen LogP contribution in [0.4, 0.5) is 0 Å². The molecule has 0 aliphatic rings. The van der Waals surface area contributed by atoms with Crippen molar-refractivity contribution < 1.29 is 0 Å².